The van der Waals surface area contributed by atoms with Crippen LogP contribution in [0.1, 0.15) is 36.5 Å². The maximum absolute atomic E-state index is 13.7. The molecule has 1 saturated heterocycles. The Balaban J connectivity index is 1.55. The van der Waals surface area contributed by atoms with Gasteiger partial charge in [0.05, 0.1) is 10.6 Å². The number of hydrogen-bond acceptors (Lipinski definition) is 4. The number of carbonyl (C=O) groups is 2. The quantitative estimate of drug-likeness (QED) is 0.472. The summed E-state index contributed by atoms with van der Waals surface area (Å²) < 4.78 is 28.5. The molecule has 36 heavy (non-hydrogen) atoms. The van der Waals surface area contributed by atoms with Gasteiger partial charge in [0.2, 0.25) is 11.8 Å². The van der Waals surface area contributed by atoms with Crippen molar-refractivity contribution in [2.75, 3.05) is 22.3 Å². The van der Waals surface area contributed by atoms with Crippen LogP contribution < -0.4 is 14.5 Å². The fraction of sp³-hybridized carbons (Fsp3) is 0.286. The molecule has 1 aliphatic heterocycles. The van der Waals surface area contributed by atoms with Crippen molar-refractivity contribution in [3.05, 3.63) is 89.5 Å². The summed E-state index contributed by atoms with van der Waals surface area (Å²) in [4.78, 5) is 27.0. The predicted octanol–water partition coefficient (Wildman–Crippen LogP) is 4.20. The summed E-state index contributed by atoms with van der Waals surface area (Å²) in [5.41, 5.74) is 3.92. The zero-order chi connectivity index (χ0) is 25.7. The summed E-state index contributed by atoms with van der Waals surface area (Å²) in [5.74, 6) is -0.318. The second-order valence-electron chi connectivity index (χ2n) is 8.90. The molecular weight excluding hydrogens is 474 g/mol. The van der Waals surface area contributed by atoms with Gasteiger partial charge in [0.15, 0.2) is 0 Å². The lowest BCUT2D eigenvalue weighted by molar-refractivity contribution is -0.120. The van der Waals surface area contributed by atoms with E-state index in [-0.39, 0.29) is 23.9 Å². The molecular formula is C28H31N3O4S. The van der Waals surface area contributed by atoms with Crippen molar-refractivity contribution in [2.24, 2.45) is 0 Å². The zero-order valence-corrected chi connectivity index (χ0v) is 21.4. The summed E-state index contributed by atoms with van der Waals surface area (Å²) in [6.45, 7) is 4.41. The number of para-hydroxylation sites is 1. The third kappa shape index (κ3) is 5.60. The molecule has 0 radical (unpaired) electrons. The zero-order valence-electron chi connectivity index (χ0n) is 20.6. The van der Waals surface area contributed by atoms with E-state index in [9.17, 15) is 18.0 Å². The molecule has 0 atom stereocenters. The Morgan fingerprint density at radius 1 is 1.03 bits per heavy atom. The molecule has 7 nitrogen and oxygen atoms in total. The third-order valence-electron chi connectivity index (χ3n) is 6.32. The number of aryl methyl sites for hydroxylation is 2. The Bertz CT molecular complexity index is 1350. The van der Waals surface area contributed by atoms with Crippen LogP contribution in [0.2, 0.25) is 0 Å². The van der Waals surface area contributed by atoms with Crippen LogP contribution >= 0.6 is 0 Å². The summed E-state index contributed by atoms with van der Waals surface area (Å²) in [5, 5.41) is 2.85. The number of carbonyl (C=O) groups excluding carboxylic acids is 2. The molecule has 3 aromatic carbocycles. The first-order chi connectivity index (χ1) is 17.3. The molecule has 0 bridgehead atoms. The number of sulfonamides is 1. The van der Waals surface area contributed by atoms with Gasteiger partial charge in [0.1, 0.15) is 6.54 Å². The molecule has 2 amide bonds. The van der Waals surface area contributed by atoms with E-state index in [0.29, 0.717) is 25.1 Å². The van der Waals surface area contributed by atoms with Crippen LogP contribution in [-0.2, 0) is 32.6 Å². The normalized spacial score (nSPS) is 13.6. The average Bonchev–Trinajstić information content (AvgIpc) is 3.32. The van der Waals surface area contributed by atoms with Crippen LogP contribution in [0, 0.1) is 6.92 Å². The molecule has 0 aliphatic carbocycles. The number of anilines is 2. The monoisotopic (exact) mass is 505 g/mol. The molecule has 0 unspecified atom stereocenters. The average molecular weight is 506 g/mol. The highest BCUT2D eigenvalue weighted by Gasteiger charge is 2.28. The first-order valence-corrected chi connectivity index (χ1v) is 13.6. The van der Waals surface area contributed by atoms with Crippen molar-refractivity contribution in [3.8, 4) is 0 Å². The lowest BCUT2D eigenvalue weighted by Gasteiger charge is -2.26. The fourth-order valence-corrected chi connectivity index (χ4v) is 5.79. The molecule has 0 spiro atoms. The Hall–Kier alpha value is -3.65. The predicted molar refractivity (Wildman–Crippen MR) is 141 cm³/mol. The number of benzene rings is 3. The number of hydrogen-bond donors (Lipinski definition) is 1. The first kappa shape index (κ1) is 25.4. The Labute approximate surface area is 212 Å². The van der Waals surface area contributed by atoms with E-state index in [1.54, 1.807) is 41.3 Å². The van der Waals surface area contributed by atoms with Crippen LogP contribution in [0.25, 0.3) is 0 Å². The van der Waals surface area contributed by atoms with Crippen LogP contribution in [0.5, 0.6) is 0 Å². The van der Waals surface area contributed by atoms with E-state index in [4.69, 9.17) is 0 Å². The Kier molecular flexibility index (Phi) is 7.74. The molecule has 4 rings (SSSR count). The number of nitrogens with one attached hydrogen (secondary N) is 1. The van der Waals surface area contributed by atoms with Crippen molar-refractivity contribution >= 4 is 33.2 Å². The summed E-state index contributed by atoms with van der Waals surface area (Å²) in [6.07, 6.45) is 2.01. The maximum Gasteiger partial charge on any atom is 0.264 e. The molecule has 188 valence electrons. The van der Waals surface area contributed by atoms with Crippen molar-refractivity contribution in [2.45, 2.75) is 44.6 Å². The third-order valence-corrected chi connectivity index (χ3v) is 8.10. The van der Waals surface area contributed by atoms with Crippen LogP contribution in [-0.4, -0.2) is 33.3 Å². The van der Waals surface area contributed by atoms with E-state index in [0.717, 1.165) is 28.8 Å². The van der Waals surface area contributed by atoms with Crippen LogP contribution in [0.4, 0.5) is 11.4 Å². The molecule has 1 fully saturated rings. The topological polar surface area (TPSA) is 86.8 Å². The van der Waals surface area contributed by atoms with Gasteiger partial charge in [0, 0.05) is 25.2 Å². The van der Waals surface area contributed by atoms with Gasteiger partial charge in [-0.05, 0) is 61.2 Å². The van der Waals surface area contributed by atoms with Gasteiger partial charge in [0.25, 0.3) is 10.0 Å². The van der Waals surface area contributed by atoms with Crippen molar-refractivity contribution < 1.29 is 18.0 Å². The first-order valence-electron chi connectivity index (χ1n) is 12.1. The molecule has 8 heteroatoms. The minimum absolute atomic E-state index is 0.0997. The lowest BCUT2D eigenvalue weighted by Crippen LogP contribution is -2.41. The van der Waals surface area contributed by atoms with Gasteiger partial charge >= 0.3 is 0 Å². The summed E-state index contributed by atoms with van der Waals surface area (Å²) in [7, 11) is -3.98. The minimum Gasteiger partial charge on any atom is -0.350 e. The van der Waals surface area contributed by atoms with Crippen molar-refractivity contribution in [1.29, 1.82) is 0 Å². The van der Waals surface area contributed by atoms with Gasteiger partial charge in [-0.1, -0.05) is 55.0 Å². The maximum atomic E-state index is 13.7. The number of rotatable bonds is 9. The fourth-order valence-electron chi connectivity index (χ4n) is 4.33. The second kappa shape index (κ2) is 11.0. The van der Waals surface area contributed by atoms with E-state index in [1.165, 1.54) is 4.31 Å². The highest BCUT2D eigenvalue weighted by molar-refractivity contribution is 7.92. The standard InChI is InChI=1S/C28H31N3O4S/c1-3-23-9-4-5-11-26(23)31(36(34,35)25-15-13-21(2)14-16-25)20-27(32)29-19-22-8-6-10-24(18-22)30-17-7-12-28(30)33/h4-6,8-11,13-16,18H,3,7,12,17,19-20H2,1-2H3,(H,29,32). The largest absolute Gasteiger partial charge is 0.350 e. The molecule has 0 saturated carbocycles. The van der Waals surface area contributed by atoms with Crippen LogP contribution in [0.3, 0.4) is 0 Å². The van der Waals surface area contributed by atoms with E-state index in [2.05, 4.69) is 5.32 Å². The van der Waals surface area contributed by atoms with Crippen molar-refractivity contribution in [3.63, 3.8) is 0 Å². The number of nitrogens with zero attached hydrogens (tertiary/aromatic N) is 2. The van der Waals surface area contributed by atoms with E-state index < -0.39 is 15.9 Å². The van der Waals surface area contributed by atoms with Gasteiger partial charge < -0.3 is 10.2 Å². The number of amides is 2. The van der Waals surface area contributed by atoms with Gasteiger partial charge in [-0.15, -0.1) is 0 Å². The van der Waals surface area contributed by atoms with Crippen molar-refractivity contribution in [1.82, 2.24) is 5.32 Å². The minimum atomic E-state index is -3.98. The van der Waals surface area contributed by atoms with E-state index >= 15 is 0 Å². The highest BCUT2D eigenvalue weighted by atomic mass is 32.2. The molecule has 1 aliphatic rings. The second-order valence-corrected chi connectivity index (χ2v) is 10.8. The highest BCUT2D eigenvalue weighted by Crippen LogP contribution is 2.28. The Morgan fingerprint density at radius 2 is 1.78 bits per heavy atom. The molecule has 0 aromatic heterocycles. The summed E-state index contributed by atoms with van der Waals surface area (Å²) >= 11 is 0. The van der Waals surface area contributed by atoms with Gasteiger partial charge in [-0.3, -0.25) is 13.9 Å². The smallest absolute Gasteiger partial charge is 0.264 e. The van der Waals surface area contributed by atoms with Gasteiger partial charge in [-0.2, -0.15) is 0 Å². The molecule has 1 N–H and O–H groups in total. The Morgan fingerprint density at radius 3 is 2.47 bits per heavy atom. The lowest BCUT2D eigenvalue weighted by atomic mass is 10.1. The van der Waals surface area contributed by atoms with Gasteiger partial charge in [-0.25, -0.2) is 8.42 Å². The summed E-state index contributed by atoms with van der Waals surface area (Å²) in [6, 6.07) is 21.3. The van der Waals surface area contributed by atoms with Crippen LogP contribution in [0.15, 0.2) is 77.7 Å². The molecule has 3 aromatic rings. The van der Waals surface area contributed by atoms with E-state index in [1.807, 2.05) is 50.2 Å². The molecule has 1 heterocycles. The SMILES string of the molecule is CCc1ccccc1N(CC(=O)NCc1cccc(N2CCCC2=O)c1)S(=O)(=O)c1ccc(C)cc1.